The summed E-state index contributed by atoms with van der Waals surface area (Å²) in [5, 5.41) is 5.10. The fourth-order valence-corrected chi connectivity index (χ4v) is 13.7. The molecule has 17 rings (SSSR count). The molecule has 0 saturated heterocycles. The largest absolute Gasteiger partial charge is 0.311 e. The summed E-state index contributed by atoms with van der Waals surface area (Å²) in [6.07, 6.45) is 0. The second-order valence-electron chi connectivity index (χ2n) is 20.0. The van der Waals surface area contributed by atoms with Gasteiger partial charge in [0.25, 0.3) is 13.4 Å². The van der Waals surface area contributed by atoms with Gasteiger partial charge >= 0.3 is 0 Å². The van der Waals surface area contributed by atoms with Gasteiger partial charge in [-0.1, -0.05) is 158 Å². The van der Waals surface area contributed by atoms with Crippen molar-refractivity contribution in [3.05, 3.63) is 249 Å². The highest BCUT2D eigenvalue weighted by molar-refractivity contribution is 7.01. The van der Waals surface area contributed by atoms with Crippen LogP contribution in [0.15, 0.2) is 249 Å². The molecule has 0 saturated carbocycles. The maximum atomic E-state index is 2.65. The molecule has 4 aliphatic heterocycles. The molecule has 0 bridgehead atoms. The van der Waals surface area contributed by atoms with Gasteiger partial charge in [0.2, 0.25) is 0 Å². The highest BCUT2D eigenvalue weighted by atomic mass is 15.2. The number of nitrogens with zero attached hydrogens (tertiary/aromatic N) is 5. The minimum atomic E-state index is -0.00426. The lowest BCUT2D eigenvalue weighted by Gasteiger charge is -2.41. The van der Waals surface area contributed by atoms with E-state index in [0.717, 1.165) is 28.4 Å². The van der Waals surface area contributed by atoms with Crippen LogP contribution >= 0.6 is 0 Å². The van der Waals surface area contributed by atoms with Crippen molar-refractivity contribution < 1.29 is 0 Å². The Hall–Kier alpha value is -9.45. The first-order valence-electron chi connectivity index (χ1n) is 25.4. The molecule has 11 aromatic carbocycles. The lowest BCUT2D eigenvalue weighted by Crippen LogP contribution is -2.60. The van der Waals surface area contributed by atoms with Crippen molar-refractivity contribution in [3.63, 3.8) is 0 Å². The fraction of sp³-hybridized carbons (Fsp3) is 0. The van der Waals surface area contributed by atoms with Gasteiger partial charge < -0.3 is 23.8 Å². The molecule has 0 atom stereocenters. The summed E-state index contributed by atoms with van der Waals surface area (Å²) in [6.45, 7) is 0.0691. The zero-order chi connectivity index (χ0) is 47.5. The van der Waals surface area contributed by atoms with E-state index in [-0.39, 0.29) is 13.4 Å². The molecule has 6 heterocycles. The topological polar surface area (TPSA) is 19.6 Å². The monoisotopic (exact) mass is 925 g/mol. The quantitative estimate of drug-likeness (QED) is 0.160. The Bertz CT molecular complexity index is 4430. The van der Waals surface area contributed by atoms with Crippen LogP contribution in [0.1, 0.15) is 0 Å². The van der Waals surface area contributed by atoms with Gasteiger partial charge in [-0.05, 0) is 124 Å². The van der Waals surface area contributed by atoms with Crippen molar-refractivity contribution in [2.45, 2.75) is 0 Å². The van der Waals surface area contributed by atoms with Crippen molar-refractivity contribution in [2.24, 2.45) is 0 Å². The number of anilines is 9. The van der Waals surface area contributed by atoms with Crippen molar-refractivity contribution in [2.75, 3.05) is 14.7 Å². The third kappa shape index (κ3) is 5.12. The molecular weight excluding hydrogens is 884 g/mol. The Morgan fingerprint density at radius 2 is 0.740 bits per heavy atom. The Kier molecular flexibility index (Phi) is 7.84. The van der Waals surface area contributed by atoms with Crippen molar-refractivity contribution >= 4 is 141 Å². The van der Waals surface area contributed by atoms with Gasteiger partial charge in [-0.25, -0.2) is 0 Å². The second-order valence-corrected chi connectivity index (χ2v) is 20.0. The Morgan fingerprint density at radius 3 is 1.37 bits per heavy atom. The minimum Gasteiger partial charge on any atom is -0.311 e. The van der Waals surface area contributed by atoms with Crippen LogP contribution in [0, 0.1) is 0 Å². The maximum Gasteiger partial charge on any atom is 0.252 e. The number of aromatic nitrogens is 2. The molecule has 2 aromatic heterocycles. The highest BCUT2D eigenvalue weighted by Crippen LogP contribution is 2.49. The molecule has 0 fully saturated rings. The molecule has 7 heteroatoms. The number of hydrogen-bond acceptors (Lipinski definition) is 3. The van der Waals surface area contributed by atoms with Crippen LogP contribution in [-0.2, 0) is 0 Å². The molecule has 5 nitrogen and oxygen atoms in total. The van der Waals surface area contributed by atoms with Gasteiger partial charge in [0.1, 0.15) is 0 Å². The van der Waals surface area contributed by atoms with E-state index < -0.39 is 0 Å². The molecule has 0 amide bonds. The molecular formula is C66H41B2N5. The van der Waals surface area contributed by atoms with Crippen LogP contribution in [0.5, 0.6) is 0 Å². The van der Waals surface area contributed by atoms with Crippen molar-refractivity contribution in [1.29, 1.82) is 0 Å². The number of hydrogen-bond donors (Lipinski definition) is 0. The number of fused-ring (bicyclic) bond motifs is 15. The minimum absolute atomic E-state index is 0.00426. The van der Waals surface area contributed by atoms with E-state index in [0.29, 0.717) is 0 Å². The molecule has 0 N–H and O–H groups in total. The van der Waals surface area contributed by atoms with Crippen LogP contribution in [0.3, 0.4) is 0 Å². The van der Waals surface area contributed by atoms with Crippen molar-refractivity contribution in [3.8, 4) is 11.4 Å². The highest BCUT2D eigenvalue weighted by Gasteiger charge is 2.45. The molecule has 0 spiro atoms. The van der Waals surface area contributed by atoms with Crippen LogP contribution < -0.4 is 47.5 Å². The number of benzene rings is 11. The summed E-state index contributed by atoms with van der Waals surface area (Å²) in [6, 6.07) is 92.6. The standard InChI is InChI=1S/C66H41B2N5/c1-5-20-42(21-6-1)69(43-22-7-2-8-23-43)46-40-59-63-60(41-46)72-56-39-38-48-47-28-17-32-52-64(47)73(58-37-19-36-57-62(58)67(52)50-30-13-15-34-54(50)70(57)44-24-9-3-10-25-44)66(48)61(56)49-29-18-33-53(65(49)72)68(63)51-31-14-16-35-55(51)71(59)45-26-11-4-12-27-45/h1-41H. The normalized spacial score (nSPS) is 13.4. The summed E-state index contributed by atoms with van der Waals surface area (Å²) >= 11 is 0. The first kappa shape index (κ1) is 39.3. The zero-order valence-corrected chi connectivity index (χ0v) is 39.6. The average Bonchev–Trinajstić information content (AvgIpc) is 3.98. The van der Waals surface area contributed by atoms with Crippen LogP contribution in [-0.4, -0.2) is 22.6 Å². The summed E-state index contributed by atoms with van der Waals surface area (Å²) < 4.78 is 5.29. The van der Waals surface area contributed by atoms with Crippen molar-refractivity contribution in [1.82, 2.24) is 9.13 Å². The average molecular weight is 926 g/mol. The molecule has 0 radical (unpaired) electrons. The fourth-order valence-electron chi connectivity index (χ4n) is 13.7. The first-order chi connectivity index (χ1) is 36.3. The van der Waals surface area contributed by atoms with E-state index in [2.05, 4.69) is 273 Å². The lowest BCUT2D eigenvalue weighted by atomic mass is 9.34. The Morgan fingerprint density at radius 1 is 0.288 bits per heavy atom. The van der Waals surface area contributed by atoms with Gasteiger partial charge in [0, 0.05) is 89.5 Å². The maximum absolute atomic E-state index is 2.65. The molecule has 0 aliphatic carbocycles. The predicted octanol–water partition coefficient (Wildman–Crippen LogP) is 12.6. The predicted molar refractivity (Wildman–Crippen MR) is 308 cm³/mol. The van der Waals surface area contributed by atoms with E-state index in [4.69, 9.17) is 0 Å². The third-order valence-electron chi connectivity index (χ3n) is 16.4. The smallest absolute Gasteiger partial charge is 0.252 e. The van der Waals surface area contributed by atoms with Crippen LogP contribution in [0.25, 0.3) is 55.0 Å². The number of rotatable bonds is 5. The Balaban J connectivity index is 1.02. The van der Waals surface area contributed by atoms with Gasteiger partial charge in [0.05, 0.1) is 16.7 Å². The van der Waals surface area contributed by atoms with Crippen LogP contribution in [0.2, 0.25) is 0 Å². The van der Waals surface area contributed by atoms with Gasteiger partial charge in [-0.3, -0.25) is 0 Å². The lowest BCUT2D eigenvalue weighted by molar-refractivity contribution is 1.16. The second kappa shape index (κ2) is 14.6. The molecule has 4 aliphatic rings. The summed E-state index contributed by atoms with van der Waals surface area (Å²) in [5.74, 6) is 0. The van der Waals surface area contributed by atoms with Gasteiger partial charge in [0.15, 0.2) is 0 Å². The first-order valence-corrected chi connectivity index (χ1v) is 25.4. The van der Waals surface area contributed by atoms with Gasteiger partial charge in [-0.15, -0.1) is 0 Å². The molecule has 73 heavy (non-hydrogen) atoms. The zero-order valence-electron chi connectivity index (χ0n) is 39.6. The van der Waals surface area contributed by atoms with Gasteiger partial charge in [-0.2, -0.15) is 0 Å². The summed E-state index contributed by atoms with van der Waals surface area (Å²) in [7, 11) is 0. The van der Waals surface area contributed by atoms with E-state index in [1.54, 1.807) is 0 Å². The van der Waals surface area contributed by atoms with E-state index in [1.807, 2.05) is 0 Å². The SMILES string of the molecule is c1ccc(N(c2ccccc2)c2cc3c4c(c2)-n2c5ccc6c7cccc8c7n(c6c5c5cccc(c52)B4c2ccccc2N3c2ccccc2)-c2cccc3c2B8c2ccccc2N3c2ccccc2)cc1. The molecule has 336 valence electrons. The van der Waals surface area contributed by atoms with E-state index in [1.165, 1.54) is 111 Å². The van der Waals surface area contributed by atoms with E-state index in [9.17, 15) is 0 Å². The Labute approximate surface area is 422 Å². The summed E-state index contributed by atoms with van der Waals surface area (Å²) in [4.78, 5) is 7.42. The van der Waals surface area contributed by atoms with Crippen LogP contribution in [0.4, 0.5) is 51.2 Å². The molecule has 13 aromatic rings. The molecule has 0 unspecified atom stereocenters. The van der Waals surface area contributed by atoms with E-state index >= 15 is 0 Å². The summed E-state index contributed by atoms with van der Waals surface area (Å²) in [5.41, 5.74) is 25.9. The third-order valence-corrected chi connectivity index (χ3v) is 16.4. The number of para-hydroxylation sites is 8.